The molecule has 2 aromatic rings. The highest BCUT2D eigenvalue weighted by Crippen LogP contribution is 2.34. The van der Waals surface area contributed by atoms with E-state index in [1.54, 1.807) is 6.20 Å². The molecule has 0 fully saturated rings. The van der Waals surface area contributed by atoms with Crippen LogP contribution in [0.2, 0.25) is 0 Å². The van der Waals surface area contributed by atoms with Gasteiger partial charge in [-0.1, -0.05) is 19.9 Å². The molecule has 0 bridgehead atoms. The Kier molecular flexibility index (Phi) is 3.12. The number of hydrogen-bond donors (Lipinski definition) is 0. The van der Waals surface area contributed by atoms with Gasteiger partial charge in [-0.2, -0.15) is 0 Å². The van der Waals surface area contributed by atoms with Gasteiger partial charge in [-0.05, 0) is 36.8 Å². The fraction of sp³-hybridized carbons (Fsp3) is 0.412. The molecule has 0 aliphatic heterocycles. The zero-order chi connectivity index (χ0) is 15.2. The summed E-state index contributed by atoms with van der Waals surface area (Å²) in [7, 11) is 0. The van der Waals surface area contributed by atoms with E-state index in [1.807, 2.05) is 20.0 Å². The molecule has 0 spiro atoms. The van der Waals surface area contributed by atoms with Gasteiger partial charge in [0.25, 0.3) is 0 Å². The number of fused-ring (bicyclic) bond motifs is 1. The van der Waals surface area contributed by atoms with Crippen molar-refractivity contribution in [1.29, 1.82) is 0 Å². The second-order valence-corrected chi connectivity index (χ2v) is 6.67. The van der Waals surface area contributed by atoms with E-state index in [9.17, 15) is 4.79 Å². The van der Waals surface area contributed by atoms with Crippen LogP contribution in [0, 0.1) is 19.3 Å². The summed E-state index contributed by atoms with van der Waals surface area (Å²) in [5, 5.41) is 0. The Morgan fingerprint density at radius 1 is 1.10 bits per heavy atom. The molecule has 1 aliphatic carbocycles. The van der Waals surface area contributed by atoms with Crippen LogP contribution in [-0.2, 0) is 6.42 Å². The normalized spacial score (nSPS) is 16.7. The summed E-state index contributed by atoms with van der Waals surface area (Å²) in [5.74, 6) is 0.748. The van der Waals surface area contributed by atoms with E-state index in [0.29, 0.717) is 17.8 Å². The Morgan fingerprint density at radius 3 is 2.57 bits per heavy atom. The maximum atomic E-state index is 12.2. The SMILES string of the molecule is Cc1cnc(-c2ncc3c(n2)CC(C)(C)CC3=O)c(C)c1. The first-order chi connectivity index (χ1) is 9.85. The number of ketones is 1. The van der Waals surface area contributed by atoms with Crippen molar-refractivity contribution in [3.8, 4) is 11.5 Å². The minimum atomic E-state index is -0.0363. The van der Waals surface area contributed by atoms with Crippen molar-refractivity contribution in [2.45, 2.75) is 40.5 Å². The van der Waals surface area contributed by atoms with Crippen LogP contribution in [0.5, 0.6) is 0 Å². The smallest absolute Gasteiger partial charge is 0.178 e. The molecule has 1 aliphatic rings. The van der Waals surface area contributed by atoms with E-state index in [2.05, 4.69) is 34.9 Å². The molecule has 2 heterocycles. The summed E-state index contributed by atoms with van der Waals surface area (Å²) in [6.45, 7) is 8.22. The summed E-state index contributed by atoms with van der Waals surface area (Å²) < 4.78 is 0. The molecule has 0 saturated carbocycles. The van der Waals surface area contributed by atoms with Gasteiger partial charge in [-0.25, -0.2) is 9.97 Å². The maximum absolute atomic E-state index is 12.2. The fourth-order valence-electron chi connectivity index (χ4n) is 2.89. The Balaban J connectivity index is 2.09. The number of carbonyl (C=O) groups excluding carboxylic acids is 1. The van der Waals surface area contributed by atoms with Gasteiger partial charge < -0.3 is 0 Å². The van der Waals surface area contributed by atoms with Crippen molar-refractivity contribution in [3.63, 3.8) is 0 Å². The lowest BCUT2D eigenvalue weighted by Crippen LogP contribution is -2.28. The molecule has 108 valence electrons. The number of aryl methyl sites for hydroxylation is 2. The first-order valence-corrected chi connectivity index (χ1v) is 7.18. The summed E-state index contributed by atoms with van der Waals surface area (Å²) in [6.07, 6.45) is 4.84. The summed E-state index contributed by atoms with van der Waals surface area (Å²) in [6, 6.07) is 2.07. The highest BCUT2D eigenvalue weighted by atomic mass is 16.1. The van der Waals surface area contributed by atoms with Crippen molar-refractivity contribution in [2.75, 3.05) is 0 Å². The van der Waals surface area contributed by atoms with Gasteiger partial charge in [0.1, 0.15) is 5.69 Å². The topological polar surface area (TPSA) is 55.7 Å². The quantitative estimate of drug-likeness (QED) is 0.804. The third-order valence-electron chi connectivity index (χ3n) is 3.88. The molecule has 3 rings (SSSR count). The molecule has 0 saturated heterocycles. The number of pyridine rings is 1. The molecule has 0 radical (unpaired) electrons. The molecular formula is C17H19N3O. The van der Waals surface area contributed by atoms with E-state index in [4.69, 9.17) is 0 Å². The van der Waals surface area contributed by atoms with Crippen molar-refractivity contribution >= 4 is 5.78 Å². The van der Waals surface area contributed by atoms with Crippen LogP contribution in [0.15, 0.2) is 18.5 Å². The Bertz CT molecular complexity index is 735. The first kappa shape index (κ1) is 13.9. The minimum Gasteiger partial charge on any atom is -0.294 e. The van der Waals surface area contributed by atoms with Gasteiger partial charge in [0, 0.05) is 18.8 Å². The van der Waals surface area contributed by atoms with Crippen molar-refractivity contribution in [1.82, 2.24) is 15.0 Å². The first-order valence-electron chi connectivity index (χ1n) is 7.18. The Morgan fingerprint density at radius 2 is 1.86 bits per heavy atom. The lowest BCUT2D eigenvalue weighted by molar-refractivity contribution is 0.0910. The molecule has 0 unspecified atom stereocenters. The van der Waals surface area contributed by atoms with Gasteiger partial charge in [-0.3, -0.25) is 9.78 Å². The van der Waals surface area contributed by atoms with Gasteiger partial charge in [0.15, 0.2) is 11.6 Å². The standard InChI is InChI=1S/C17H19N3O/c1-10-5-11(2)15(18-8-10)16-19-9-12-13(20-16)6-17(3,4)7-14(12)21/h5,8-9H,6-7H2,1-4H3. The van der Waals surface area contributed by atoms with E-state index >= 15 is 0 Å². The van der Waals surface area contributed by atoms with Crippen molar-refractivity contribution < 1.29 is 4.79 Å². The van der Waals surface area contributed by atoms with E-state index in [-0.39, 0.29) is 11.2 Å². The van der Waals surface area contributed by atoms with Crippen LogP contribution >= 0.6 is 0 Å². The highest BCUT2D eigenvalue weighted by molar-refractivity contribution is 5.98. The molecule has 0 aromatic carbocycles. The third kappa shape index (κ3) is 2.58. The highest BCUT2D eigenvalue weighted by Gasteiger charge is 2.32. The Labute approximate surface area is 124 Å². The van der Waals surface area contributed by atoms with Crippen molar-refractivity contribution in [3.05, 3.63) is 40.8 Å². The second kappa shape index (κ2) is 4.72. The van der Waals surface area contributed by atoms with E-state index in [1.165, 1.54) is 0 Å². The van der Waals surface area contributed by atoms with Crippen LogP contribution in [0.1, 0.15) is 47.4 Å². The second-order valence-electron chi connectivity index (χ2n) is 6.67. The summed E-state index contributed by atoms with van der Waals surface area (Å²) in [4.78, 5) is 25.6. The zero-order valence-corrected chi connectivity index (χ0v) is 12.9. The number of carbonyl (C=O) groups is 1. The monoisotopic (exact) mass is 281 g/mol. The van der Waals surface area contributed by atoms with E-state index in [0.717, 1.165) is 28.9 Å². The van der Waals surface area contributed by atoms with Gasteiger partial charge in [0.05, 0.1) is 11.3 Å². The maximum Gasteiger partial charge on any atom is 0.178 e. The third-order valence-corrected chi connectivity index (χ3v) is 3.88. The van der Waals surface area contributed by atoms with Crippen LogP contribution in [0.25, 0.3) is 11.5 Å². The summed E-state index contributed by atoms with van der Waals surface area (Å²) >= 11 is 0. The lowest BCUT2D eigenvalue weighted by atomic mass is 9.76. The molecule has 0 atom stereocenters. The lowest BCUT2D eigenvalue weighted by Gasteiger charge is -2.29. The largest absolute Gasteiger partial charge is 0.294 e. The number of hydrogen-bond acceptors (Lipinski definition) is 4. The molecular weight excluding hydrogens is 262 g/mol. The Hall–Kier alpha value is -2.10. The van der Waals surface area contributed by atoms with Crippen LogP contribution in [0.4, 0.5) is 0 Å². The van der Waals surface area contributed by atoms with Gasteiger partial charge in [0.2, 0.25) is 0 Å². The van der Waals surface area contributed by atoms with Gasteiger partial charge >= 0.3 is 0 Å². The fourth-order valence-corrected chi connectivity index (χ4v) is 2.89. The number of aromatic nitrogens is 3. The molecule has 0 amide bonds. The molecule has 4 heteroatoms. The van der Waals surface area contributed by atoms with Gasteiger partial charge in [-0.15, -0.1) is 0 Å². The minimum absolute atomic E-state index is 0.0363. The average molecular weight is 281 g/mol. The predicted molar refractivity (Wildman–Crippen MR) is 81.2 cm³/mol. The van der Waals surface area contributed by atoms with Crippen LogP contribution in [-0.4, -0.2) is 20.7 Å². The molecule has 0 N–H and O–H groups in total. The number of rotatable bonds is 1. The van der Waals surface area contributed by atoms with Crippen LogP contribution < -0.4 is 0 Å². The van der Waals surface area contributed by atoms with Crippen LogP contribution in [0.3, 0.4) is 0 Å². The predicted octanol–water partition coefficient (Wildman–Crippen LogP) is 3.31. The number of nitrogens with zero attached hydrogens (tertiary/aromatic N) is 3. The molecule has 21 heavy (non-hydrogen) atoms. The average Bonchev–Trinajstić information content (AvgIpc) is 2.36. The summed E-state index contributed by atoms with van der Waals surface area (Å²) in [5.41, 5.74) is 4.44. The number of Topliss-reactive ketones (excluding diaryl/α,β-unsaturated/α-hetero) is 1. The molecule has 2 aromatic heterocycles. The molecule has 4 nitrogen and oxygen atoms in total. The van der Waals surface area contributed by atoms with Crippen molar-refractivity contribution in [2.24, 2.45) is 5.41 Å². The van der Waals surface area contributed by atoms with E-state index < -0.39 is 0 Å². The zero-order valence-electron chi connectivity index (χ0n) is 12.9.